The molecular weight excluding hydrogens is 256 g/mol. The molecule has 1 aromatic carbocycles. The predicted molar refractivity (Wildman–Crippen MR) is 80.7 cm³/mol. The van der Waals surface area contributed by atoms with Crippen molar-refractivity contribution in [3.8, 4) is 16.3 Å². The van der Waals surface area contributed by atoms with Crippen molar-refractivity contribution in [1.82, 2.24) is 10.3 Å². The normalized spacial score (nSPS) is 10.9. The van der Waals surface area contributed by atoms with Crippen LogP contribution in [0.2, 0.25) is 0 Å². The fourth-order valence-electron chi connectivity index (χ4n) is 1.75. The summed E-state index contributed by atoms with van der Waals surface area (Å²) in [5, 5.41) is 4.36. The Morgan fingerprint density at radius 3 is 2.95 bits per heavy atom. The summed E-state index contributed by atoms with van der Waals surface area (Å²) in [6.45, 7) is 8.03. The molecule has 0 saturated carbocycles. The number of nitrogens with zero attached hydrogens (tertiary/aromatic N) is 1. The summed E-state index contributed by atoms with van der Waals surface area (Å²) in [4.78, 5) is 5.74. The van der Waals surface area contributed by atoms with E-state index in [1.807, 2.05) is 32.2 Å². The molecule has 0 fully saturated rings. The monoisotopic (exact) mass is 276 g/mol. The van der Waals surface area contributed by atoms with Crippen molar-refractivity contribution in [2.24, 2.45) is 0 Å². The Balaban J connectivity index is 2.14. The van der Waals surface area contributed by atoms with Gasteiger partial charge >= 0.3 is 0 Å². The van der Waals surface area contributed by atoms with E-state index in [-0.39, 0.29) is 6.10 Å². The first-order valence-corrected chi connectivity index (χ1v) is 7.43. The molecule has 0 aliphatic carbocycles. The molecule has 102 valence electrons. The fraction of sp³-hybridized carbons (Fsp3) is 0.400. The summed E-state index contributed by atoms with van der Waals surface area (Å²) < 4.78 is 5.71. The molecular formula is C15H20N2OS. The van der Waals surface area contributed by atoms with Crippen LogP contribution in [0, 0.1) is 0 Å². The lowest BCUT2D eigenvalue weighted by Gasteiger charge is -2.09. The number of hydrogen-bond acceptors (Lipinski definition) is 4. The Hall–Kier alpha value is -1.39. The maximum absolute atomic E-state index is 5.71. The Morgan fingerprint density at radius 2 is 2.21 bits per heavy atom. The molecule has 1 N–H and O–H groups in total. The third kappa shape index (κ3) is 4.04. The SMILES string of the molecule is CCNCc1cnc(-c2cccc(OC(C)C)c2)s1. The lowest BCUT2D eigenvalue weighted by molar-refractivity contribution is 0.242. The highest BCUT2D eigenvalue weighted by molar-refractivity contribution is 7.15. The summed E-state index contributed by atoms with van der Waals surface area (Å²) >= 11 is 1.72. The number of rotatable bonds is 6. The molecule has 0 aliphatic rings. The smallest absolute Gasteiger partial charge is 0.123 e. The predicted octanol–water partition coefficient (Wildman–Crippen LogP) is 3.71. The molecule has 0 spiro atoms. The van der Waals surface area contributed by atoms with Crippen LogP contribution in [-0.2, 0) is 6.54 Å². The minimum absolute atomic E-state index is 0.191. The molecule has 1 aromatic heterocycles. The van der Waals surface area contributed by atoms with Crippen molar-refractivity contribution in [3.63, 3.8) is 0 Å². The topological polar surface area (TPSA) is 34.2 Å². The number of thiazole rings is 1. The van der Waals surface area contributed by atoms with E-state index in [1.165, 1.54) is 4.88 Å². The van der Waals surface area contributed by atoms with Crippen molar-refractivity contribution >= 4 is 11.3 Å². The first-order chi connectivity index (χ1) is 9.19. The van der Waals surface area contributed by atoms with Crippen LogP contribution < -0.4 is 10.1 Å². The van der Waals surface area contributed by atoms with Gasteiger partial charge in [-0.2, -0.15) is 0 Å². The molecule has 2 aromatic rings. The van der Waals surface area contributed by atoms with Gasteiger partial charge in [-0.05, 0) is 32.5 Å². The van der Waals surface area contributed by atoms with Gasteiger partial charge in [0.2, 0.25) is 0 Å². The molecule has 19 heavy (non-hydrogen) atoms. The summed E-state index contributed by atoms with van der Waals surface area (Å²) in [7, 11) is 0. The second-order valence-corrected chi connectivity index (χ2v) is 5.72. The van der Waals surface area contributed by atoms with Gasteiger partial charge in [-0.1, -0.05) is 19.1 Å². The maximum Gasteiger partial charge on any atom is 0.123 e. The average Bonchev–Trinajstić information content (AvgIpc) is 2.84. The van der Waals surface area contributed by atoms with Gasteiger partial charge in [-0.25, -0.2) is 4.98 Å². The molecule has 3 nitrogen and oxygen atoms in total. The number of nitrogens with one attached hydrogen (secondary N) is 1. The van der Waals surface area contributed by atoms with E-state index >= 15 is 0 Å². The van der Waals surface area contributed by atoms with Gasteiger partial charge in [0.25, 0.3) is 0 Å². The van der Waals surface area contributed by atoms with Gasteiger partial charge in [-0.3, -0.25) is 0 Å². The Kier molecular flexibility index (Phi) is 4.93. The quantitative estimate of drug-likeness (QED) is 0.873. The largest absolute Gasteiger partial charge is 0.491 e. The van der Waals surface area contributed by atoms with Crippen molar-refractivity contribution in [1.29, 1.82) is 0 Å². The summed E-state index contributed by atoms with van der Waals surface area (Å²) in [5.41, 5.74) is 1.12. The molecule has 2 rings (SSSR count). The number of benzene rings is 1. The first kappa shape index (κ1) is 14.0. The van der Waals surface area contributed by atoms with Crippen LogP contribution in [0.5, 0.6) is 5.75 Å². The minimum atomic E-state index is 0.191. The zero-order valence-electron chi connectivity index (χ0n) is 11.6. The second-order valence-electron chi connectivity index (χ2n) is 4.61. The van der Waals surface area contributed by atoms with Crippen molar-refractivity contribution in [2.45, 2.75) is 33.4 Å². The lowest BCUT2D eigenvalue weighted by Crippen LogP contribution is -2.10. The lowest BCUT2D eigenvalue weighted by atomic mass is 10.2. The molecule has 0 unspecified atom stereocenters. The third-order valence-corrected chi connectivity index (χ3v) is 3.60. The summed E-state index contributed by atoms with van der Waals surface area (Å²) in [6, 6.07) is 8.12. The molecule has 0 aliphatic heterocycles. The van der Waals surface area contributed by atoms with Crippen LogP contribution in [-0.4, -0.2) is 17.6 Å². The zero-order valence-corrected chi connectivity index (χ0v) is 12.5. The molecule has 4 heteroatoms. The molecule has 0 saturated heterocycles. The maximum atomic E-state index is 5.71. The molecule has 0 amide bonds. The van der Waals surface area contributed by atoms with Crippen molar-refractivity contribution in [2.75, 3.05) is 6.54 Å². The highest BCUT2D eigenvalue weighted by atomic mass is 32.1. The highest BCUT2D eigenvalue weighted by Gasteiger charge is 2.06. The molecule has 0 radical (unpaired) electrons. The van der Waals surface area contributed by atoms with Crippen LogP contribution in [0.15, 0.2) is 30.5 Å². The van der Waals surface area contributed by atoms with E-state index in [0.29, 0.717) is 0 Å². The fourth-order valence-corrected chi connectivity index (χ4v) is 2.62. The Morgan fingerprint density at radius 1 is 1.37 bits per heavy atom. The minimum Gasteiger partial charge on any atom is -0.491 e. The van der Waals surface area contributed by atoms with Crippen LogP contribution in [0.1, 0.15) is 25.6 Å². The zero-order chi connectivity index (χ0) is 13.7. The van der Waals surface area contributed by atoms with Gasteiger partial charge in [0.1, 0.15) is 10.8 Å². The van der Waals surface area contributed by atoms with Crippen molar-refractivity contribution in [3.05, 3.63) is 35.3 Å². The second kappa shape index (κ2) is 6.68. The van der Waals surface area contributed by atoms with Crippen LogP contribution >= 0.6 is 11.3 Å². The Labute approximate surface area is 118 Å². The summed E-state index contributed by atoms with van der Waals surface area (Å²) in [5.74, 6) is 0.899. The van der Waals surface area contributed by atoms with Crippen LogP contribution in [0.3, 0.4) is 0 Å². The molecule has 1 heterocycles. The molecule has 0 bridgehead atoms. The van der Waals surface area contributed by atoms with E-state index in [2.05, 4.69) is 29.4 Å². The van der Waals surface area contributed by atoms with E-state index in [4.69, 9.17) is 4.74 Å². The number of ether oxygens (including phenoxy) is 1. The van der Waals surface area contributed by atoms with Gasteiger partial charge in [0.05, 0.1) is 6.10 Å². The van der Waals surface area contributed by atoms with Gasteiger partial charge < -0.3 is 10.1 Å². The van der Waals surface area contributed by atoms with Crippen LogP contribution in [0.25, 0.3) is 10.6 Å². The van der Waals surface area contributed by atoms with Crippen LogP contribution in [0.4, 0.5) is 0 Å². The Bertz CT molecular complexity index is 522. The van der Waals surface area contributed by atoms with E-state index in [0.717, 1.165) is 29.4 Å². The first-order valence-electron chi connectivity index (χ1n) is 6.61. The third-order valence-electron chi connectivity index (χ3n) is 2.56. The van der Waals surface area contributed by atoms with E-state index in [1.54, 1.807) is 11.3 Å². The highest BCUT2D eigenvalue weighted by Crippen LogP contribution is 2.28. The summed E-state index contributed by atoms with van der Waals surface area (Å²) in [6.07, 6.45) is 2.13. The van der Waals surface area contributed by atoms with E-state index < -0.39 is 0 Å². The van der Waals surface area contributed by atoms with Gasteiger partial charge in [-0.15, -0.1) is 11.3 Å². The number of hydrogen-bond donors (Lipinski definition) is 1. The average molecular weight is 276 g/mol. The van der Waals surface area contributed by atoms with Gasteiger partial charge in [0.15, 0.2) is 0 Å². The number of aromatic nitrogens is 1. The standard InChI is InChI=1S/C15H20N2OS/c1-4-16-9-14-10-17-15(19-14)12-6-5-7-13(8-12)18-11(2)3/h5-8,10-11,16H,4,9H2,1-3H3. The van der Waals surface area contributed by atoms with E-state index in [9.17, 15) is 0 Å². The molecule has 0 atom stereocenters. The van der Waals surface area contributed by atoms with Gasteiger partial charge in [0, 0.05) is 23.2 Å². The van der Waals surface area contributed by atoms with Crippen molar-refractivity contribution < 1.29 is 4.74 Å².